The molecule has 2 atom stereocenters. The molecule has 9 N–H and O–H groups in total. The highest BCUT2D eigenvalue weighted by atomic mass is 16.3. The summed E-state index contributed by atoms with van der Waals surface area (Å²) in [5.41, 5.74) is 8.94. The third-order valence-corrected chi connectivity index (χ3v) is 12.9. The maximum atomic E-state index is 13.3. The zero-order chi connectivity index (χ0) is 40.1. The molecule has 11 nitrogen and oxygen atoms in total. The number of amides is 1. The summed E-state index contributed by atoms with van der Waals surface area (Å²) in [6.07, 6.45) is 12.5. The average molecular weight is 771 g/mol. The third-order valence-electron chi connectivity index (χ3n) is 12.9. The van der Waals surface area contributed by atoms with Crippen LogP contribution in [0.1, 0.15) is 119 Å². The van der Waals surface area contributed by atoms with E-state index in [1.54, 1.807) is 18.2 Å². The Morgan fingerprint density at radius 3 is 1.27 bits per heavy atom. The monoisotopic (exact) mass is 770 g/mol. The van der Waals surface area contributed by atoms with Gasteiger partial charge in [0, 0.05) is 44.2 Å². The first-order chi connectivity index (χ1) is 26.6. The van der Waals surface area contributed by atoms with E-state index in [1.165, 1.54) is 36.4 Å². The summed E-state index contributed by atoms with van der Waals surface area (Å²) in [6, 6.07) is 14.1. The van der Waals surface area contributed by atoms with Crippen molar-refractivity contribution in [3.05, 3.63) is 71.3 Å². The van der Waals surface area contributed by atoms with Crippen molar-refractivity contribution in [3.8, 4) is 34.5 Å². The Balaban J connectivity index is 1.08. The molecule has 4 fully saturated rings. The van der Waals surface area contributed by atoms with E-state index in [0.717, 1.165) is 68.1 Å². The molecule has 3 aromatic rings. The second-order valence-corrected chi connectivity index (χ2v) is 17.8. The predicted octanol–water partition coefficient (Wildman–Crippen LogP) is 7.14. The summed E-state index contributed by atoms with van der Waals surface area (Å²) < 4.78 is 0. The Hall–Kier alpha value is -4.77. The summed E-state index contributed by atoms with van der Waals surface area (Å²) in [6.45, 7) is 0.400. The van der Waals surface area contributed by atoms with Crippen LogP contribution < -0.4 is 11.1 Å². The Kier molecular flexibility index (Phi) is 12.2. The molecule has 11 heteroatoms. The number of phenols is 6. The van der Waals surface area contributed by atoms with Crippen molar-refractivity contribution in [1.29, 1.82) is 0 Å². The van der Waals surface area contributed by atoms with Crippen LogP contribution in [0.5, 0.6) is 34.5 Å². The third kappa shape index (κ3) is 10.1. The normalized spacial score (nSPS) is 24.9. The maximum absolute atomic E-state index is 13.3. The summed E-state index contributed by atoms with van der Waals surface area (Å²) >= 11 is 0. The highest BCUT2D eigenvalue weighted by Gasteiger charge is 2.66. The summed E-state index contributed by atoms with van der Waals surface area (Å²) in [5.74, 6) is -0.715. The molecule has 7 rings (SSSR count). The maximum Gasteiger partial charge on any atom is 0.220 e. The van der Waals surface area contributed by atoms with Gasteiger partial charge in [0.15, 0.2) is 34.5 Å². The molecule has 0 saturated heterocycles. The number of Topliss-reactive ketones (excluding diaryl/α,β-unsaturated/α-hetero) is 2. The molecule has 4 aliphatic rings. The predicted molar refractivity (Wildman–Crippen MR) is 212 cm³/mol. The van der Waals surface area contributed by atoms with Gasteiger partial charge in [-0.3, -0.25) is 14.4 Å². The molecule has 302 valence electrons. The zero-order valence-electron chi connectivity index (χ0n) is 32.3. The van der Waals surface area contributed by atoms with Gasteiger partial charge in [0.1, 0.15) is 11.6 Å². The van der Waals surface area contributed by atoms with Crippen LogP contribution >= 0.6 is 0 Å². The van der Waals surface area contributed by atoms with Gasteiger partial charge in [-0.25, -0.2) is 0 Å². The van der Waals surface area contributed by atoms with Gasteiger partial charge in [-0.15, -0.1) is 0 Å². The second-order valence-electron chi connectivity index (χ2n) is 17.8. The molecule has 4 saturated carbocycles. The summed E-state index contributed by atoms with van der Waals surface area (Å²) in [4.78, 5) is 39.9. The number of hydrogen-bond donors (Lipinski definition) is 8. The molecule has 0 aliphatic heterocycles. The van der Waals surface area contributed by atoms with Crippen LogP contribution in [-0.2, 0) is 33.6 Å². The Labute approximate surface area is 329 Å². The van der Waals surface area contributed by atoms with Crippen LogP contribution in [-0.4, -0.2) is 60.2 Å². The fourth-order valence-corrected chi connectivity index (χ4v) is 11.2. The molecule has 56 heavy (non-hydrogen) atoms. The number of hydrogen-bond acceptors (Lipinski definition) is 10. The zero-order valence-corrected chi connectivity index (χ0v) is 32.3. The van der Waals surface area contributed by atoms with E-state index in [1.807, 2.05) is 0 Å². The number of carbonyl (C=O) groups is 3. The highest BCUT2D eigenvalue weighted by Crippen LogP contribution is 2.73. The van der Waals surface area contributed by atoms with Crippen molar-refractivity contribution in [2.45, 2.75) is 128 Å². The Morgan fingerprint density at radius 1 is 0.500 bits per heavy atom. The fourth-order valence-electron chi connectivity index (χ4n) is 11.2. The van der Waals surface area contributed by atoms with Gasteiger partial charge in [0.05, 0.1) is 0 Å². The van der Waals surface area contributed by atoms with Crippen LogP contribution in [0, 0.1) is 16.2 Å². The van der Waals surface area contributed by atoms with Crippen molar-refractivity contribution in [1.82, 2.24) is 5.32 Å². The van der Waals surface area contributed by atoms with Crippen molar-refractivity contribution >= 4 is 17.5 Å². The first kappa shape index (κ1) is 40.9. The summed E-state index contributed by atoms with van der Waals surface area (Å²) in [5, 5.41) is 61.4. The number of aromatic hydroxyl groups is 6. The van der Waals surface area contributed by atoms with E-state index in [-0.39, 0.29) is 68.2 Å². The average Bonchev–Trinajstić information content (AvgIpc) is 3.13. The number of nitrogens with two attached hydrogens (primary N) is 1. The standard InChI is InChI=1S/C45H58N2O9/c46-45-27-42(17-13-33(48)5-1-3-30-7-10-35(50)38(53)21-30)24-43(28-45,18-14-34(49)6-2-4-31-8-11-36(51)39(54)22-31)26-44(25-42,29-45)19-15-41(56)47-20-16-32-9-12-37(52)40(55)23-32/h7-12,21-23,50-55H,1-6,13-20,24-29,46H2,(H,47,56). The van der Waals surface area contributed by atoms with Gasteiger partial charge in [0.2, 0.25) is 5.91 Å². The number of aryl methyl sites for hydroxylation is 2. The first-order valence-corrected chi connectivity index (χ1v) is 20.2. The van der Waals surface area contributed by atoms with E-state index in [9.17, 15) is 45.0 Å². The lowest BCUT2D eigenvalue weighted by Crippen LogP contribution is -2.67. The van der Waals surface area contributed by atoms with E-state index >= 15 is 0 Å². The van der Waals surface area contributed by atoms with Crippen LogP contribution in [0.15, 0.2) is 54.6 Å². The van der Waals surface area contributed by atoms with E-state index < -0.39 is 5.54 Å². The van der Waals surface area contributed by atoms with Crippen LogP contribution in [0.4, 0.5) is 0 Å². The van der Waals surface area contributed by atoms with Crippen molar-refractivity contribution < 1.29 is 45.0 Å². The molecule has 2 unspecified atom stereocenters. The Bertz CT molecular complexity index is 1700. The fraction of sp³-hybridized carbons (Fsp3) is 0.533. The SMILES string of the molecule is NC12CC3(CCC(=O)CCCc4ccc(O)c(O)c4)CC(CCC(=O)CCCc4ccc(O)c(O)c4)(C1)CC(CCC(=O)NCCc1ccc(O)c(O)c1)(C2)C3. The number of benzene rings is 3. The van der Waals surface area contributed by atoms with Crippen molar-refractivity contribution in [3.63, 3.8) is 0 Å². The van der Waals surface area contributed by atoms with Crippen LogP contribution in [0.2, 0.25) is 0 Å². The van der Waals surface area contributed by atoms with Gasteiger partial charge in [-0.1, -0.05) is 18.2 Å². The van der Waals surface area contributed by atoms with Crippen LogP contribution in [0.25, 0.3) is 0 Å². The number of phenolic OH excluding ortho intramolecular Hbond substituents is 6. The largest absolute Gasteiger partial charge is 0.504 e. The lowest BCUT2D eigenvalue weighted by atomic mass is 9.36. The molecule has 1 amide bonds. The number of rotatable bonds is 20. The highest BCUT2D eigenvalue weighted by molar-refractivity contribution is 5.79. The topological polar surface area (TPSA) is 211 Å². The summed E-state index contributed by atoms with van der Waals surface area (Å²) in [7, 11) is 0. The minimum absolute atomic E-state index is 0.0489. The molecule has 0 radical (unpaired) electrons. The van der Waals surface area contributed by atoms with E-state index in [2.05, 4.69) is 5.32 Å². The number of ketones is 2. The number of carbonyl (C=O) groups excluding carboxylic acids is 3. The molecule has 0 aromatic heterocycles. The van der Waals surface area contributed by atoms with Gasteiger partial charge in [-0.2, -0.15) is 0 Å². The number of nitrogens with one attached hydrogen (secondary N) is 1. The van der Waals surface area contributed by atoms with Gasteiger partial charge < -0.3 is 41.7 Å². The van der Waals surface area contributed by atoms with Crippen LogP contribution in [0.3, 0.4) is 0 Å². The Morgan fingerprint density at radius 2 is 0.875 bits per heavy atom. The molecular weight excluding hydrogens is 712 g/mol. The van der Waals surface area contributed by atoms with Gasteiger partial charge in [-0.05, 0) is 159 Å². The lowest BCUT2D eigenvalue weighted by Gasteiger charge is -2.70. The quantitative estimate of drug-likeness (QED) is 0.0544. The molecule has 0 spiro atoms. The van der Waals surface area contributed by atoms with Gasteiger partial charge in [0.25, 0.3) is 0 Å². The van der Waals surface area contributed by atoms with E-state index in [0.29, 0.717) is 77.2 Å². The van der Waals surface area contributed by atoms with Crippen molar-refractivity contribution in [2.24, 2.45) is 22.0 Å². The minimum Gasteiger partial charge on any atom is -0.504 e. The molecule has 4 bridgehead atoms. The van der Waals surface area contributed by atoms with Gasteiger partial charge >= 0.3 is 0 Å². The molecule has 0 heterocycles. The molecule has 3 aromatic carbocycles. The molecule has 4 aliphatic carbocycles. The minimum atomic E-state index is -0.431. The van der Waals surface area contributed by atoms with E-state index in [4.69, 9.17) is 5.73 Å². The smallest absolute Gasteiger partial charge is 0.220 e. The first-order valence-electron chi connectivity index (χ1n) is 20.2. The second kappa shape index (κ2) is 16.8. The molecular formula is C45H58N2O9. The lowest BCUT2D eigenvalue weighted by molar-refractivity contribution is -0.179. The van der Waals surface area contributed by atoms with Crippen molar-refractivity contribution in [2.75, 3.05) is 6.54 Å².